The number of anilines is 1. The number of piperidine rings is 1. The fraction of sp³-hybridized carbons (Fsp3) is 0.500. The molecule has 6 nitrogen and oxygen atoms in total. The third-order valence-electron chi connectivity index (χ3n) is 3.51. The minimum Gasteiger partial charge on any atom is -0.481 e. The van der Waals surface area contributed by atoms with Gasteiger partial charge in [0.05, 0.1) is 23.1 Å². The molecule has 0 radical (unpaired) electrons. The molecular weight excluding hydrogens is 296 g/mol. The number of esters is 1. The van der Waals surface area contributed by atoms with Crippen LogP contribution in [-0.2, 0) is 9.53 Å². The number of aliphatic carboxylic acids is 1. The normalized spacial score (nSPS) is 15.8. The van der Waals surface area contributed by atoms with Gasteiger partial charge in [0.25, 0.3) is 0 Å². The Bertz CT molecular complexity index is 542. The second kappa shape index (κ2) is 6.76. The van der Waals surface area contributed by atoms with E-state index < -0.39 is 11.9 Å². The topological polar surface area (TPSA) is 79.7 Å². The Hall–Kier alpha value is -1.82. The van der Waals surface area contributed by atoms with Crippen LogP contribution in [0.2, 0.25) is 5.02 Å². The molecule has 0 aliphatic carbocycles. The quantitative estimate of drug-likeness (QED) is 0.859. The largest absolute Gasteiger partial charge is 0.481 e. The predicted octanol–water partition coefficient (Wildman–Crippen LogP) is 2.21. The number of carbonyl (C=O) groups is 2. The molecular formula is C14H17ClN2O4. The van der Waals surface area contributed by atoms with Crippen LogP contribution in [0.5, 0.6) is 0 Å². The van der Waals surface area contributed by atoms with E-state index in [1.807, 2.05) is 4.90 Å². The first-order chi connectivity index (χ1) is 10.0. The number of carboxylic acid groups (broad SMARTS) is 1. The summed E-state index contributed by atoms with van der Waals surface area (Å²) >= 11 is 6.25. The van der Waals surface area contributed by atoms with Gasteiger partial charge >= 0.3 is 11.9 Å². The highest BCUT2D eigenvalue weighted by Crippen LogP contribution is 2.30. The first-order valence-corrected chi connectivity index (χ1v) is 7.21. The van der Waals surface area contributed by atoms with E-state index >= 15 is 0 Å². The molecule has 1 fully saturated rings. The van der Waals surface area contributed by atoms with Crippen LogP contribution < -0.4 is 4.90 Å². The van der Waals surface area contributed by atoms with Crippen LogP contribution in [0.1, 0.15) is 30.1 Å². The molecule has 2 heterocycles. The first-order valence-electron chi connectivity index (χ1n) is 6.84. The van der Waals surface area contributed by atoms with Crippen molar-refractivity contribution in [2.24, 2.45) is 5.92 Å². The van der Waals surface area contributed by atoms with Gasteiger partial charge in [-0.3, -0.25) is 4.79 Å². The van der Waals surface area contributed by atoms with Crippen molar-refractivity contribution in [3.63, 3.8) is 0 Å². The van der Waals surface area contributed by atoms with E-state index in [1.165, 1.54) is 12.3 Å². The van der Waals surface area contributed by atoms with Crippen LogP contribution in [0.4, 0.5) is 5.82 Å². The van der Waals surface area contributed by atoms with Gasteiger partial charge in [0, 0.05) is 19.3 Å². The van der Waals surface area contributed by atoms with E-state index in [2.05, 4.69) is 4.98 Å². The van der Waals surface area contributed by atoms with Gasteiger partial charge in [-0.25, -0.2) is 9.78 Å². The van der Waals surface area contributed by atoms with Gasteiger partial charge < -0.3 is 14.7 Å². The Morgan fingerprint density at radius 2 is 2.14 bits per heavy atom. The van der Waals surface area contributed by atoms with Gasteiger partial charge in [-0.2, -0.15) is 0 Å². The highest BCUT2D eigenvalue weighted by molar-refractivity contribution is 6.35. The van der Waals surface area contributed by atoms with Crippen molar-refractivity contribution >= 4 is 29.4 Å². The molecule has 0 saturated carbocycles. The van der Waals surface area contributed by atoms with E-state index in [0.717, 1.165) is 0 Å². The molecule has 0 bridgehead atoms. The van der Waals surface area contributed by atoms with E-state index in [4.69, 9.17) is 21.4 Å². The zero-order valence-electron chi connectivity index (χ0n) is 11.7. The smallest absolute Gasteiger partial charge is 0.339 e. The summed E-state index contributed by atoms with van der Waals surface area (Å²) in [5, 5.41) is 9.26. The van der Waals surface area contributed by atoms with E-state index in [-0.39, 0.29) is 23.1 Å². The zero-order valence-corrected chi connectivity index (χ0v) is 12.5. The number of pyridine rings is 1. The van der Waals surface area contributed by atoms with Crippen molar-refractivity contribution < 1.29 is 19.4 Å². The van der Waals surface area contributed by atoms with Gasteiger partial charge in [-0.05, 0) is 25.8 Å². The van der Waals surface area contributed by atoms with Gasteiger partial charge in [0.1, 0.15) is 5.82 Å². The third-order valence-corrected chi connectivity index (χ3v) is 3.88. The molecule has 1 aromatic heterocycles. The average molecular weight is 313 g/mol. The van der Waals surface area contributed by atoms with Crippen molar-refractivity contribution in [1.82, 2.24) is 4.98 Å². The lowest BCUT2D eigenvalue weighted by molar-refractivity contribution is -0.142. The second-order valence-corrected chi connectivity index (χ2v) is 5.19. The lowest BCUT2D eigenvalue weighted by Crippen LogP contribution is -2.37. The molecule has 0 unspecified atom stereocenters. The van der Waals surface area contributed by atoms with Gasteiger partial charge in [-0.15, -0.1) is 0 Å². The van der Waals surface area contributed by atoms with Crippen molar-refractivity contribution in [1.29, 1.82) is 0 Å². The van der Waals surface area contributed by atoms with Crippen LogP contribution in [0.3, 0.4) is 0 Å². The molecule has 21 heavy (non-hydrogen) atoms. The predicted molar refractivity (Wildman–Crippen MR) is 77.8 cm³/mol. The summed E-state index contributed by atoms with van der Waals surface area (Å²) in [6.07, 6.45) is 2.59. The molecule has 0 atom stereocenters. The molecule has 1 N–H and O–H groups in total. The molecule has 0 aromatic carbocycles. The number of carboxylic acids is 1. The SMILES string of the molecule is CCOC(=O)c1ccnc(N2CCC(C(=O)O)CC2)c1Cl. The third kappa shape index (κ3) is 3.44. The number of aromatic nitrogens is 1. The number of ether oxygens (including phenoxy) is 1. The molecule has 0 spiro atoms. The van der Waals surface area contributed by atoms with Gasteiger partial charge in [0.15, 0.2) is 0 Å². The molecule has 2 rings (SSSR count). The maximum absolute atomic E-state index is 11.8. The van der Waals surface area contributed by atoms with Crippen LogP contribution in [0.15, 0.2) is 12.3 Å². The number of carbonyl (C=O) groups excluding carboxylic acids is 1. The van der Waals surface area contributed by atoms with Crippen LogP contribution in [-0.4, -0.2) is 41.7 Å². The number of hydrogen-bond acceptors (Lipinski definition) is 5. The van der Waals surface area contributed by atoms with Crippen molar-refractivity contribution in [3.8, 4) is 0 Å². The maximum atomic E-state index is 11.8. The number of hydrogen-bond donors (Lipinski definition) is 1. The molecule has 0 amide bonds. The summed E-state index contributed by atoms with van der Waals surface area (Å²) in [6.45, 7) is 3.10. The van der Waals surface area contributed by atoms with Crippen LogP contribution >= 0.6 is 11.6 Å². The molecule has 1 aromatic rings. The van der Waals surface area contributed by atoms with Gasteiger partial charge in [0.2, 0.25) is 0 Å². The minimum absolute atomic E-state index is 0.254. The van der Waals surface area contributed by atoms with E-state index in [0.29, 0.717) is 31.7 Å². The number of halogens is 1. The van der Waals surface area contributed by atoms with Crippen LogP contribution in [0.25, 0.3) is 0 Å². The Morgan fingerprint density at radius 1 is 1.48 bits per heavy atom. The number of nitrogens with zero attached hydrogens (tertiary/aromatic N) is 2. The first kappa shape index (κ1) is 15.6. The molecule has 1 saturated heterocycles. The number of rotatable bonds is 4. The summed E-state index contributed by atoms with van der Waals surface area (Å²) in [5.74, 6) is -1.07. The summed E-state index contributed by atoms with van der Waals surface area (Å²) < 4.78 is 4.95. The summed E-state index contributed by atoms with van der Waals surface area (Å²) in [4.78, 5) is 28.9. The maximum Gasteiger partial charge on any atom is 0.339 e. The Balaban J connectivity index is 2.16. The van der Waals surface area contributed by atoms with E-state index in [9.17, 15) is 9.59 Å². The summed E-state index contributed by atoms with van der Waals surface area (Å²) in [6, 6.07) is 1.52. The van der Waals surface area contributed by atoms with Crippen molar-refractivity contribution in [3.05, 3.63) is 22.8 Å². The van der Waals surface area contributed by atoms with Crippen molar-refractivity contribution in [2.75, 3.05) is 24.6 Å². The molecule has 1 aliphatic heterocycles. The highest BCUT2D eigenvalue weighted by atomic mass is 35.5. The standard InChI is InChI=1S/C14H17ClN2O4/c1-2-21-14(20)10-3-6-16-12(11(10)15)17-7-4-9(5-8-17)13(18)19/h3,6,9H,2,4-5,7-8H2,1H3,(H,18,19). The highest BCUT2D eigenvalue weighted by Gasteiger charge is 2.27. The average Bonchev–Trinajstić information content (AvgIpc) is 2.48. The minimum atomic E-state index is -0.769. The van der Waals surface area contributed by atoms with E-state index in [1.54, 1.807) is 6.92 Å². The molecule has 7 heteroatoms. The fourth-order valence-electron chi connectivity index (χ4n) is 2.36. The fourth-order valence-corrected chi connectivity index (χ4v) is 2.67. The summed E-state index contributed by atoms with van der Waals surface area (Å²) in [7, 11) is 0. The lowest BCUT2D eigenvalue weighted by atomic mass is 9.97. The Morgan fingerprint density at radius 3 is 2.71 bits per heavy atom. The van der Waals surface area contributed by atoms with Crippen molar-refractivity contribution in [2.45, 2.75) is 19.8 Å². The second-order valence-electron chi connectivity index (χ2n) is 4.82. The zero-order chi connectivity index (χ0) is 15.4. The Kier molecular flexibility index (Phi) is 5.01. The Labute approximate surface area is 127 Å². The van der Waals surface area contributed by atoms with Crippen LogP contribution in [0, 0.1) is 5.92 Å². The van der Waals surface area contributed by atoms with Gasteiger partial charge in [-0.1, -0.05) is 11.6 Å². The lowest BCUT2D eigenvalue weighted by Gasteiger charge is -2.31. The molecule has 1 aliphatic rings. The molecule has 114 valence electrons. The monoisotopic (exact) mass is 312 g/mol. The summed E-state index contributed by atoms with van der Waals surface area (Å²) in [5.41, 5.74) is 0.281.